The highest BCUT2D eigenvalue weighted by molar-refractivity contribution is 5.45. The molecular weight excluding hydrogens is 244 g/mol. The lowest BCUT2D eigenvalue weighted by atomic mass is 10.4. The first-order chi connectivity index (χ1) is 9.10. The van der Waals surface area contributed by atoms with Gasteiger partial charge in [0.15, 0.2) is 0 Å². The summed E-state index contributed by atoms with van der Waals surface area (Å²) >= 11 is 0. The molecule has 2 N–H and O–H groups in total. The predicted octanol–water partition coefficient (Wildman–Crippen LogP) is 0.330. The molecule has 1 unspecified atom stereocenters. The highest BCUT2D eigenvalue weighted by Crippen LogP contribution is 2.19. The van der Waals surface area contributed by atoms with Gasteiger partial charge >= 0.3 is 0 Å². The lowest BCUT2D eigenvalue weighted by Gasteiger charge is -2.22. The van der Waals surface area contributed by atoms with Crippen LogP contribution in [0.15, 0.2) is 0 Å². The highest BCUT2D eigenvalue weighted by atomic mass is 16.3. The SMILES string of the molecule is CNc1nc(N(C)CC(C)O)nc(N2CCCC2)n1. The van der Waals surface area contributed by atoms with Gasteiger partial charge in [0.2, 0.25) is 17.8 Å². The Morgan fingerprint density at radius 3 is 2.58 bits per heavy atom. The van der Waals surface area contributed by atoms with Crippen LogP contribution in [0.5, 0.6) is 0 Å². The van der Waals surface area contributed by atoms with Crippen molar-refractivity contribution in [2.45, 2.75) is 25.9 Å². The molecule has 1 aliphatic rings. The van der Waals surface area contributed by atoms with Gasteiger partial charge in [0.05, 0.1) is 6.10 Å². The van der Waals surface area contributed by atoms with Crippen molar-refractivity contribution in [3.63, 3.8) is 0 Å². The summed E-state index contributed by atoms with van der Waals surface area (Å²) in [5.41, 5.74) is 0. The standard InChI is InChI=1S/C12H22N6O/c1-9(19)8-17(3)11-14-10(13-2)15-12(16-11)18-6-4-5-7-18/h9,19H,4-8H2,1-3H3,(H,13,14,15,16). The second-order valence-corrected chi connectivity index (χ2v) is 4.93. The van der Waals surface area contributed by atoms with Crippen LogP contribution in [0.2, 0.25) is 0 Å². The van der Waals surface area contributed by atoms with Gasteiger partial charge in [-0.1, -0.05) is 0 Å². The number of nitrogens with zero attached hydrogens (tertiary/aromatic N) is 5. The van der Waals surface area contributed by atoms with Gasteiger partial charge in [-0.05, 0) is 19.8 Å². The van der Waals surface area contributed by atoms with E-state index in [0.29, 0.717) is 24.4 Å². The minimum absolute atomic E-state index is 0.421. The summed E-state index contributed by atoms with van der Waals surface area (Å²) in [7, 11) is 3.66. The number of nitrogens with one attached hydrogen (secondary N) is 1. The molecule has 19 heavy (non-hydrogen) atoms. The van der Waals surface area contributed by atoms with Gasteiger partial charge in [-0.15, -0.1) is 0 Å². The first-order valence-electron chi connectivity index (χ1n) is 6.68. The molecule has 0 aromatic carbocycles. The van der Waals surface area contributed by atoms with Crippen molar-refractivity contribution < 1.29 is 5.11 Å². The summed E-state index contributed by atoms with van der Waals surface area (Å²) in [6.07, 6.45) is 1.94. The van der Waals surface area contributed by atoms with Crippen molar-refractivity contribution in [3.8, 4) is 0 Å². The Labute approximate surface area is 113 Å². The first kappa shape index (κ1) is 13.8. The van der Waals surface area contributed by atoms with Crippen LogP contribution in [0.25, 0.3) is 0 Å². The van der Waals surface area contributed by atoms with E-state index in [1.54, 1.807) is 14.0 Å². The van der Waals surface area contributed by atoms with E-state index in [4.69, 9.17) is 0 Å². The Morgan fingerprint density at radius 2 is 2.00 bits per heavy atom. The van der Waals surface area contributed by atoms with Crippen molar-refractivity contribution in [2.75, 3.05) is 48.8 Å². The van der Waals surface area contributed by atoms with Gasteiger partial charge in [-0.25, -0.2) is 0 Å². The third kappa shape index (κ3) is 3.44. The van der Waals surface area contributed by atoms with Crippen LogP contribution in [0.1, 0.15) is 19.8 Å². The molecule has 7 nitrogen and oxygen atoms in total. The Bertz CT molecular complexity index is 419. The second-order valence-electron chi connectivity index (χ2n) is 4.93. The van der Waals surface area contributed by atoms with Crippen LogP contribution in [0.3, 0.4) is 0 Å². The molecule has 7 heteroatoms. The van der Waals surface area contributed by atoms with Crippen LogP contribution >= 0.6 is 0 Å². The molecule has 0 aliphatic carbocycles. The summed E-state index contributed by atoms with van der Waals surface area (Å²) in [5, 5.41) is 12.4. The molecule has 1 fully saturated rings. The summed E-state index contributed by atoms with van der Waals surface area (Å²) in [4.78, 5) is 17.2. The maximum atomic E-state index is 9.45. The van der Waals surface area contributed by atoms with Gasteiger partial charge in [-0.2, -0.15) is 15.0 Å². The quantitative estimate of drug-likeness (QED) is 0.795. The van der Waals surface area contributed by atoms with E-state index in [-0.39, 0.29) is 0 Å². The molecule has 0 saturated carbocycles. The molecule has 1 aliphatic heterocycles. The lowest BCUT2D eigenvalue weighted by molar-refractivity contribution is 0.201. The maximum absolute atomic E-state index is 9.45. The van der Waals surface area contributed by atoms with Crippen molar-refractivity contribution in [3.05, 3.63) is 0 Å². The van der Waals surface area contributed by atoms with Crippen molar-refractivity contribution in [1.29, 1.82) is 0 Å². The van der Waals surface area contributed by atoms with Crippen LogP contribution in [-0.4, -0.2) is 59.9 Å². The topological polar surface area (TPSA) is 77.4 Å². The summed E-state index contributed by atoms with van der Waals surface area (Å²) in [5.74, 6) is 1.86. The fourth-order valence-electron chi connectivity index (χ4n) is 2.17. The van der Waals surface area contributed by atoms with Gasteiger partial charge in [0.25, 0.3) is 0 Å². The monoisotopic (exact) mass is 266 g/mol. The summed E-state index contributed by atoms with van der Waals surface area (Å²) < 4.78 is 0. The van der Waals surface area contributed by atoms with E-state index < -0.39 is 6.10 Å². The molecule has 106 valence electrons. The molecule has 2 rings (SSSR count). The fourth-order valence-corrected chi connectivity index (χ4v) is 2.17. The lowest BCUT2D eigenvalue weighted by Crippen LogP contribution is -2.30. The van der Waals surface area contributed by atoms with Crippen LogP contribution in [0.4, 0.5) is 17.8 Å². The number of hydrogen-bond acceptors (Lipinski definition) is 7. The molecular formula is C12H22N6O. The maximum Gasteiger partial charge on any atom is 0.231 e. The average Bonchev–Trinajstić information content (AvgIpc) is 2.91. The van der Waals surface area contributed by atoms with Crippen LogP contribution in [0, 0.1) is 0 Å². The Kier molecular flexibility index (Phi) is 4.36. The van der Waals surface area contributed by atoms with Gasteiger partial charge in [0.1, 0.15) is 0 Å². The molecule has 1 aromatic rings. The molecule has 2 heterocycles. The smallest absolute Gasteiger partial charge is 0.231 e. The number of likely N-dealkylation sites (N-methyl/N-ethyl adjacent to an activating group) is 1. The molecule has 1 aromatic heterocycles. The van der Waals surface area contributed by atoms with Crippen LogP contribution < -0.4 is 15.1 Å². The first-order valence-corrected chi connectivity index (χ1v) is 6.68. The highest BCUT2D eigenvalue weighted by Gasteiger charge is 2.18. The molecule has 0 spiro atoms. The van der Waals surface area contributed by atoms with E-state index in [2.05, 4.69) is 25.2 Å². The third-order valence-corrected chi connectivity index (χ3v) is 3.10. The Morgan fingerprint density at radius 1 is 1.32 bits per heavy atom. The zero-order chi connectivity index (χ0) is 13.8. The van der Waals surface area contributed by atoms with E-state index in [9.17, 15) is 5.11 Å². The third-order valence-electron chi connectivity index (χ3n) is 3.10. The second kappa shape index (κ2) is 6.01. The zero-order valence-corrected chi connectivity index (χ0v) is 11.8. The normalized spacial score (nSPS) is 16.5. The zero-order valence-electron chi connectivity index (χ0n) is 11.8. The van der Waals surface area contributed by atoms with E-state index in [1.807, 2.05) is 11.9 Å². The molecule has 0 bridgehead atoms. The van der Waals surface area contributed by atoms with Crippen molar-refractivity contribution in [1.82, 2.24) is 15.0 Å². The minimum Gasteiger partial charge on any atom is -0.392 e. The summed E-state index contributed by atoms with van der Waals surface area (Å²) in [6.45, 7) is 4.23. The number of aromatic nitrogens is 3. The number of aliphatic hydroxyl groups excluding tert-OH is 1. The molecule has 0 amide bonds. The molecule has 1 saturated heterocycles. The fraction of sp³-hybridized carbons (Fsp3) is 0.750. The van der Waals surface area contributed by atoms with E-state index in [1.165, 1.54) is 12.8 Å². The average molecular weight is 266 g/mol. The van der Waals surface area contributed by atoms with E-state index in [0.717, 1.165) is 13.1 Å². The number of anilines is 3. The van der Waals surface area contributed by atoms with Gasteiger partial charge in [-0.3, -0.25) is 0 Å². The van der Waals surface area contributed by atoms with E-state index >= 15 is 0 Å². The Hall–Kier alpha value is -1.63. The van der Waals surface area contributed by atoms with Crippen molar-refractivity contribution >= 4 is 17.8 Å². The minimum atomic E-state index is -0.421. The summed E-state index contributed by atoms with van der Waals surface area (Å²) in [6, 6.07) is 0. The number of rotatable bonds is 5. The Balaban J connectivity index is 2.24. The number of aliphatic hydroxyl groups is 1. The van der Waals surface area contributed by atoms with Crippen molar-refractivity contribution in [2.24, 2.45) is 0 Å². The largest absolute Gasteiger partial charge is 0.392 e. The van der Waals surface area contributed by atoms with Crippen LogP contribution in [-0.2, 0) is 0 Å². The predicted molar refractivity (Wildman–Crippen MR) is 75.8 cm³/mol. The molecule has 1 atom stereocenters. The van der Waals surface area contributed by atoms with Gasteiger partial charge in [0, 0.05) is 33.7 Å². The number of hydrogen-bond donors (Lipinski definition) is 2. The van der Waals surface area contributed by atoms with Gasteiger partial charge < -0.3 is 20.2 Å². The molecule has 0 radical (unpaired) electrons.